The van der Waals surface area contributed by atoms with Crippen LogP contribution < -0.4 is 10.6 Å². The van der Waals surface area contributed by atoms with Crippen LogP contribution in [-0.2, 0) is 6.42 Å². The third-order valence-corrected chi connectivity index (χ3v) is 3.39. The summed E-state index contributed by atoms with van der Waals surface area (Å²) in [5.74, 6) is 0.520. The van der Waals surface area contributed by atoms with E-state index in [1.54, 1.807) is 30.5 Å². The summed E-state index contributed by atoms with van der Waals surface area (Å²) in [5.41, 5.74) is 1.43. The zero-order valence-electron chi connectivity index (χ0n) is 10.9. The van der Waals surface area contributed by atoms with Crippen molar-refractivity contribution in [1.82, 2.24) is 15.3 Å². The van der Waals surface area contributed by atoms with Crippen LogP contribution in [0.5, 0.6) is 0 Å². The molecule has 2 aromatic rings. The fourth-order valence-electron chi connectivity index (χ4n) is 1.62. The summed E-state index contributed by atoms with van der Waals surface area (Å²) in [4.78, 5) is 20.4. The second kappa shape index (κ2) is 6.29. The Bertz CT molecular complexity index is 567. The molecule has 0 radical (unpaired) electrons. The molecule has 0 aliphatic rings. The number of hydrogen-bond acceptors (Lipinski definition) is 5. The number of carbonyl (C=O) groups excluding carboxylic acids is 1. The highest BCUT2D eigenvalue weighted by molar-refractivity contribution is 7.09. The number of rotatable bonds is 5. The monoisotopic (exact) mass is 276 g/mol. The molecular weight excluding hydrogens is 260 g/mol. The predicted molar refractivity (Wildman–Crippen MR) is 76.7 cm³/mol. The molecule has 0 bridgehead atoms. The molecule has 5 nitrogen and oxygen atoms in total. The first-order valence-corrected chi connectivity index (χ1v) is 6.91. The van der Waals surface area contributed by atoms with Gasteiger partial charge in [-0.1, -0.05) is 6.07 Å². The summed E-state index contributed by atoms with van der Waals surface area (Å²) in [6, 6.07) is 5.32. The van der Waals surface area contributed by atoms with E-state index in [1.165, 1.54) is 0 Å². The highest BCUT2D eigenvalue weighted by atomic mass is 32.1. The molecule has 2 rings (SSSR count). The highest BCUT2D eigenvalue weighted by Gasteiger charge is 2.07. The van der Waals surface area contributed by atoms with Crippen LogP contribution in [0.15, 0.2) is 23.6 Å². The van der Waals surface area contributed by atoms with Crippen molar-refractivity contribution in [3.63, 3.8) is 0 Å². The Morgan fingerprint density at radius 1 is 1.37 bits per heavy atom. The minimum absolute atomic E-state index is 0.163. The van der Waals surface area contributed by atoms with Gasteiger partial charge in [-0.25, -0.2) is 9.97 Å². The first-order chi connectivity index (χ1) is 9.19. The SMILES string of the molecule is CNc1cccc(C(=O)NCCc2csc(C)n2)n1. The van der Waals surface area contributed by atoms with Gasteiger partial charge in [-0.3, -0.25) is 4.79 Å². The van der Waals surface area contributed by atoms with Gasteiger partial charge in [0.2, 0.25) is 0 Å². The van der Waals surface area contributed by atoms with E-state index in [-0.39, 0.29) is 5.91 Å². The second-order valence-electron chi connectivity index (χ2n) is 4.02. The fraction of sp³-hybridized carbons (Fsp3) is 0.308. The maximum Gasteiger partial charge on any atom is 0.269 e. The number of aromatic nitrogens is 2. The van der Waals surface area contributed by atoms with Crippen molar-refractivity contribution in [1.29, 1.82) is 0 Å². The van der Waals surface area contributed by atoms with Crippen molar-refractivity contribution in [2.75, 3.05) is 18.9 Å². The molecule has 0 saturated carbocycles. The molecule has 6 heteroatoms. The Kier molecular flexibility index (Phi) is 4.46. The Morgan fingerprint density at radius 3 is 2.89 bits per heavy atom. The van der Waals surface area contributed by atoms with Gasteiger partial charge in [0.15, 0.2) is 0 Å². The van der Waals surface area contributed by atoms with Crippen molar-refractivity contribution >= 4 is 23.1 Å². The van der Waals surface area contributed by atoms with Gasteiger partial charge in [-0.15, -0.1) is 11.3 Å². The van der Waals surface area contributed by atoms with Crippen molar-refractivity contribution in [3.8, 4) is 0 Å². The normalized spacial score (nSPS) is 10.2. The average Bonchev–Trinajstić information content (AvgIpc) is 2.84. The van der Waals surface area contributed by atoms with Crippen LogP contribution in [-0.4, -0.2) is 29.5 Å². The highest BCUT2D eigenvalue weighted by Crippen LogP contribution is 2.08. The minimum Gasteiger partial charge on any atom is -0.373 e. The number of thiazole rings is 1. The molecule has 0 unspecified atom stereocenters. The molecule has 0 saturated heterocycles. The van der Waals surface area contributed by atoms with Crippen LogP contribution in [0.2, 0.25) is 0 Å². The smallest absolute Gasteiger partial charge is 0.269 e. The van der Waals surface area contributed by atoms with E-state index in [0.29, 0.717) is 18.1 Å². The Labute approximate surface area is 116 Å². The summed E-state index contributed by atoms with van der Waals surface area (Å²) >= 11 is 1.62. The largest absolute Gasteiger partial charge is 0.373 e. The summed E-state index contributed by atoms with van der Waals surface area (Å²) in [5, 5.41) is 8.81. The van der Waals surface area contributed by atoms with Gasteiger partial charge >= 0.3 is 0 Å². The van der Waals surface area contributed by atoms with Crippen molar-refractivity contribution in [3.05, 3.63) is 40.0 Å². The van der Waals surface area contributed by atoms with Crippen LogP contribution >= 0.6 is 11.3 Å². The molecule has 2 aromatic heterocycles. The molecule has 0 atom stereocenters. The molecule has 1 amide bonds. The number of aryl methyl sites for hydroxylation is 1. The number of pyridine rings is 1. The maximum absolute atomic E-state index is 11.9. The quantitative estimate of drug-likeness (QED) is 0.874. The van der Waals surface area contributed by atoms with Crippen LogP contribution in [0.25, 0.3) is 0 Å². The minimum atomic E-state index is -0.163. The first kappa shape index (κ1) is 13.5. The molecule has 2 heterocycles. The second-order valence-corrected chi connectivity index (χ2v) is 5.08. The van der Waals surface area contributed by atoms with E-state index in [2.05, 4.69) is 20.6 Å². The van der Waals surface area contributed by atoms with Crippen molar-refractivity contribution in [2.24, 2.45) is 0 Å². The lowest BCUT2D eigenvalue weighted by molar-refractivity contribution is 0.0949. The number of anilines is 1. The molecular formula is C13H16N4OS. The van der Waals surface area contributed by atoms with Gasteiger partial charge in [-0.2, -0.15) is 0 Å². The number of nitrogens with one attached hydrogen (secondary N) is 2. The van der Waals surface area contributed by atoms with Gasteiger partial charge in [0.1, 0.15) is 11.5 Å². The lowest BCUT2D eigenvalue weighted by atomic mass is 10.3. The van der Waals surface area contributed by atoms with Crippen LogP contribution in [0, 0.1) is 6.92 Å². The lowest BCUT2D eigenvalue weighted by Gasteiger charge is -2.05. The van der Waals surface area contributed by atoms with E-state index < -0.39 is 0 Å². The van der Waals surface area contributed by atoms with Crippen LogP contribution in [0.3, 0.4) is 0 Å². The summed E-state index contributed by atoms with van der Waals surface area (Å²) in [6.07, 6.45) is 0.738. The number of amides is 1. The van der Waals surface area contributed by atoms with E-state index >= 15 is 0 Å². The van der Waals surface area contributed by atoms with E-state index in [9.17, 15) is 4.79 Å². The van der Waals surface area contributed by atoms with Crippen molar-refractivity contribution in [2.45, 2.75) is 13.3 Å². The van der Waals surface area contributed by atoms with Gasteiger partial charge < -0.3 is 10.6 Å². The van der Waals surface area contributed by atoms with Crippen molar-refractivity contribution < 1.29 is 4.79 Å². The summed E-state index contributed by atoms with van der Waals surface area (Å²) < 4.78 is 0. The fourth-order valence-corrected chi connectivity index (χ4v) is 2.27. The standard InChI is InChI=1S/C13H16N4OS/c1-9-16-10(8-19-9)6-7-15-13(18)11-4-3-5-12(14-2)17-11/h3-5,8H,6-7H2,1-2H3,(H,14,17)(H,15,18). The van der Waals surface area contributed by atoms with Crippen LogP contribution in [0.4, 0.5) is 5.82 Å². The molecule has 0 aliphatic heterocycles. The average molecular weight is 276 g/mol. The Hall–Kier alpha value is -1.95. The molecule has 0 aliphatic carbocycles. The molecule has 2 N–H and O–H groups in total. The third kappa shape index (κ3) is 3.75. The first-order valence-electron chi connectivity index (χ1n) is 6.03. The predicted octanol–water partition coefficient (Wildman–Crippen LogP) is 1.86. The topological polar surface area (TPSA) is 66.9 Å². The van der Waals surface area contributed by atoms with E-state index in [1.807, 2.05) is 18.4 Å². The molecule has 0 aromatic carbocycles. The van der Waals surface area contributed by atoms with E-state index in [0.717, 1.165) is 17.1 Å². The number of hydrogen-bond donors (Lipinski definition) is 2. The van der Waals surface area contributed by atoms with E-state index in [4.69, 9.17) is 0 Å². The third-order valence-electron chi connectivity index (χ3n) is 2.57. The van der Waals surface area contributed by atoms with Crippen LogP contribution in [0.1, 0.15) is 21.2 Å². The number of nitrogens with zero attached hydrogens (tertiary/aromatic N) is 2. The molecule has 19 heavy (non-hydrogen) atoms. The molecule has 100 valence electrons. The Morgan fingerprint density at radius 2 is 2.21 bits per heavy atom. The van der Waals surface area contributed by atoms with Gasteiger partial charge in [0.25, 0.3) is 5.91 Å². The summed E-state index contributed by atoms with van der Waals surface area (Å²) in [7, 11) is 1.77. The molecule has 0 spiro atoms. The van der Waals surface area contributed by atoms with Gasteiger partial charge in [0, 0.05) is 25.4 Å². The number of carbonyl (C=O) groups is 1. The Balaban J connectivity index is 1.87. The van der Waals surface area contributed by atoms with Gasteiger partial charge in [-0.05, 0) is 19.1 Å². The maximum atomic E-state index is 11.9. The van der Waals surface area contributed by atoms with Gasteiger partial charge in [0.05, 0.1) is 10.7 Å². The summed E-state index contributed by atoms with van der Waals surface area (Å²) in [6.45, 7) is 2.54. The zero-order chi connectivity index (χ0) is 13.7. The lowest BCUT2D eigenvalue weighted by Crippen LogP contribution is -2.26. The zero-order valence-corrected chi connectivity index (χ0v) is 11.8. The molecule has 0 fully saturated rings.